The molecule has 0 spiro atoms. The molecular formula is C14H14N2O2. The van der Waals surface area contributed by atoms with E-state index in [1.807, 2.05) is 25.1 Å². The van der Waals surface area contributed by atoms with Crippen molar-refractivity contribution in [3.63, 3.8) is 0 Å². The van der Waals surface area contributed by atoms with E-state index >= 15 is 0 Å². The van der Waals surface area contributed by atoms with Gasteiger partial charge >= 0.3 is 0 Å². The van der Waals surface area contributed by atoms with Crippen molar-refractivity contribution < 1.29 is 9.53 Å². The molecule has 0 bridgehead atoms. The monoisotopic (exact) mass is 242 g/mol. The molecule has 0 saturated carbocycles. The zero-order valence-corrected chi connectivity index (χ0v) is 10.3. The number of ether oxygens (including phenoxy) is 1. The number of carbonyl (C=O) groups is 1. The molecule has 18 heavy (non-hydrogen) atoms. The zero-order chi connectivity index (χ0) is 13.0. The summed E-state index contributed by atoms with van der Waals surface area (Å²) < 4.78 is 5.12. The molecule has 1 amide bonds. The number of methoxy groups -OCH3 is 1. The number of aryl methyl sites for hydroxylation is 1. The highest BCUT2D eigenvalue weighted by molar-refractivity contribution is 6.04. The van der Waals surface area contributed by atoms with Gasteiger partial charge in [0.05, 0.1) is 7.11 Å². The molecule has 2 aromatic rings. The third-order valence-corrected chi connectivity index (χ3v) is 2.62. The lowest BCUT2D eigenvalue weighted by Gasteiger charge is -2.09. The van der Waals surface area contributed by atoms with Crippen molar-refractivity contribution in [3.8, 4) is 5.75 Å². The van der Waals surface area contributed by atoms with Crippen LogP contribution < -0.4 is 10.1 Å². The minimum atomic E-state index is -0.148. The number of anilines is 1. The second kappa shape index (κ2) is 5.31. The topological polar surface area (TPSA) is 51.2 Å². The first-order chi connectivity index (χ1) is 8.70. The fraction of sp³-hybridized carbons (Fsp3) is 0.143. The summed E-state index contributed by atoms with van der Waals surface area (Å²) >= 11 is 0. The molecule has 0 atom stereocenters. The van der Waals surface area contributed by atoms with E-state index in [4.69, 9.17) is 4.74 Å². The zero-order valence-electron chi connectivity index (χ0n) is 10.3. The van der Waals surface area contributed by atoms with E-state index in [0.29, 0.717) is 5.56 Å². The molecular weight excluding hydrogens is 228 g/mol. The van der Waals surface area contributed by atoms with E-state index in [2.05, 4.69) is 10.3 Å². The fourth-order valence-corrected chi connectivity index (χ4v) is 1.60. The lowest BCUT2D eigenvalue weighted by molar-refractivity contribution is 0.102. The molecule has 0 aliphatic carbocycles. The Hall–Kier alpha value is -2.36. The lowest BCUT2D eigenvalue weighted by atomic mass is 10.1. The highest BCUT2D eigenvalue weighted by atomic mass is 16.5. The third-order valence-electron chi connectivity index (χ3n) is 2.62. The molecule has 0 radical (unpaired) electrons. The van der Waals surface area contributed by atoms with Gasteiger partial charge in [-0.2, -0.15) is 0 Å². The molecule has 4 nitrogen and oxygen atoms in total. The van der Waals surface area contributed by atoms with Crippen molar-refractivity contribution in [2.24, 2.45) is 0 Å². The molecule has 2 rings (SSSR count). The van der Waals surface area contributed by atoms with E-state index in [9.17, 15) is 4.79 Å². The molecule has 92 valence electrons. The van der Waals surface area contributed by atoms with Crippen LogP contribution in [0.15, 0.2) is 42.7 Å². The largest absolute Gasteiger partial charge is 0.497 e. The minimum absolute atomic E-state index is 0.148. The Morgan fingerprint density at radius 2 is 1.94 bits per heavy atom. The van der Waals surface area contributed by atoms with Crippen LogP contribution in [-0.4, -0.2) is 18.0 Å². The van der Waals surface area contributed by atoms with Crippen LogP contribution >= 0.6 is 0 Å². The van der Waals surface area contributed by atoms with Crippen LogP contribution in [0.1, 0.15) is 15.9 Å². The van der Waals surface area contributed by atoms with E-state index < -0.39 is 0 Å². The Bertz CT molecular complexity index is 553. The maximum absolute atomic E-state index is 12.0. The van der Waals surface area contributed by atoms with Crippen LogP contribution in [0, 0.1) is 6.92 Å². The molecule has 1 N–H and O–H groups in total. The molecule has 0 unspecified atom stereocenters. The van der Waals surface area contributed by atoms with Crippen LogP contribution in [-0.2, 0) is 0 Å². The summed E-state index contributed by atoms with van der Waals surface area (Å²) in [5.74, 6) is 0.625. The summed E-state index contributed by atoms with van der Waals surface area (Å²) in [6.07, 6.45) is 3.19. The quantitative estimate of drug-likeness (QED) is 0.900. The van der Waals surface area contributed by atoms with Crippen LogP contribution in [0.25, 0.3) is 0 Å². The average molecular weight is 242 g/mol. The number of aromatic nitrogens is 1. The number of carbonyl (C=O) groups excluding carboxylic acids is 1. The summed E-state index contributed by atoms with van der Waals surface area (Å²) in [5.41, 5.74) is 2.31. The van der Waals surface area contributed by atoms with E-state index in [1.165, 1.54) is 0 Å². The second-order valence-electron chi connectivity index (χ2n) is 3.87. The minimum Gasteiger partial charge on any atom is -0.497 e. The molecule has 0 fully saturated rings. The van der Waals surface area contributed by atoms with Gasteiger partial charge in [-0.3, -0.25) is 9.78 Å². The number of nitrogens with zero attached hydrogens (tertiary/aromatic N) is 1. The van der Waals surface area contributed by atoms with Gasteiger partial charge in [0, 0.05) is 23.6 Å². The van der Waals surface area contributed by atoms with Gasteiger partial charge in [-0.25, -0.2) is 0 Å². The van der Waals surface area contributed by atoms with Gasteiger partial charge in [0.25, 0.3) is 5.91 Å². The number of hydrogen-bond acceptors (Lipinski definition) is 3. The summed E-state index contributed by atoms with van der Waals surface area (Å²) in [7, 11) is 1.62. The standard InChI is InChI=1S/C14H14N2O2/c1-10-9-12(18-2)3-4-13(10)16-14(17)11-5-7-15-8-6-11/h3-9H,1-2H3,(H,16,17). The van der Waals surface area contributed by atoms with Gasteiger partial charge in [-0.15, -0.1) is 0 Å². The molecule has 1 aromatic heterocycles. The van der Waals surface area contributed by atoms with Crippen molar-refractivity contribution >= 4 is 11.6 Å². The van der Waals surface area contributed by atoms with Crippen molar-refractivity contribution in [1.82, 2.24) is 4.98 Å². The van der Waals surface area contributed by atoms with Gasteiger partial charge in [-0.1, -0.05) is 0 Å². The Morgan fingerprint density at radius 3 is 2.56 bits per heavy atom. The molecule has 0 aliphatic heterocycles. The predicted octanol–water partition coefficient (Wildman–Crippen LogP) is 2.65. The Kier molecular flexibility index (Phi) is 3.57. The number of amides is 1. The normalized spacial score (nSPS) is 9.89. The predicted molar refractivity (Wildman–Crippen MR) is 69.9 cm³/mol. The maximum Gasteiger partial charge on any atom is 0.255 e. The number of hydrogen-bond donors (Lipinski definition) is 1. The number of benzene rings is 1. The van der Waals surface area contributed by atoms with Gasteiger partial charge in [-0.05, 0) is 42.8 Å². The van der Waals surface area contributed by atoms with Crippen molar-refractivity contribution in [2.45, 2.75) is 6.92 Å². The highest BCUT2D eigenvalue weighted by Gasteiger charge is 2.07. The summed E-state index contributed by atoms with van der Waals surface area (Å²) in [6.45, 7) is 1.92. The summed E-state index contributed by atoms with van der Waals surface area (Å²) in [6, 6.07) is 8.87. The van der Waals surface area contributed by atoms with Crippen molar-refractivity contribution in [1.29, 1.82) is 0 Å². The van der Waals surface area contributed by atoms with Crippen molar-refractivity contribution in [3.05, 3.63) is 53.9 Å². The smallest absolute Gasteiger partial charge is 0.255 e. The van der Waals surface area contributed by atoms with Gasteiger partial charge in [0.1, 0.15) is 5.75 Å². The number of rotatable bonds is 3. The van der Waals surface area contributed by atoms with Gasteiger partial charge < -0.3 is 10.1 Å². The van der Waals surface area contributed by atoms with Crippen LogP contribution in [0.3, 0.4) is 0 Å². The van der Waals surface area contributed by atoms with E-state index in [-0.39, 0.29) is 5.91 Å². The Morgan fingerprint density at radius 1 is 1.22 bits per heavy atom. The first-order valence-electron chi connectivity index (χ1n) is 5.56. The van der Waals surface area contributed by atoms with Crippen LogP contribution in [0.5, 0.6) is 5.75 Å². The molecule has 4 heteroatoms. The number of nitrogens with one attached hydrogen (secondary N) is 1. The van der Waals surface area contributed by atoms with Crippen LogP contribution in [0.4, 0.5) is 5.69 Å². The van der Waals surface area contributed by atoms with Crippen LogP contribution in [0.2, 0.25) is 0 Å². The summed E-state index contributed by atoms with van der Waals surface area (Å²) in [4.78, 5) is 15.8. The maximum atomic E-state index is 12.0. The average Bonchev–Trinajstić information content (AvgIpc) is 2.42. The third kappa shape index (κ3) is 2.66. The van der Waals surface area contributed by atoms with E-state index in [0.717, 1.165) is 17.0 Å². The SMILES string of the molecule is COc1ccc(NC(=O)c2ccncc2)c(C)c1. The number of pyridine rings is 1. The Labute approximate surface area is 106 Å². The first kappa shape index (κ1) is 12.1. The fourth-order valence-electron chi connectivity index (χ4n) is 1.60. The molecule has 0 saturated heterocycles. The summed E-state index contributed by atoms with van der Waals surface area (Å²) in [5, 5.41) is 2.86. The highest BCUT2D eigenvalue weighted by Crippen LogP contribution is 2.21. The lowest BCUT2D eigenvalue weighted by Crippen LogP contribution is -2.12. The molecule has 0 aliphatic rings. The van der Waals surface area contributed by atoms with Crippen molar-refractivity contribution in [2.75, 3.05) is 12.4 Å². The molecule has 1 aromatic carbocycles. The molecule has 1 heterocycles. The van der Waals surface area contributed by atoms with E-state index in [1.54, 1.807) is 31.6 Å². The van der Waals surface area contributed by atoms with Gasteiger partial charge in [0.15, 0.2) is 0 Å². The second-order valence-corrected chi connectivity index (χ2v) is 3.87. The van der Waals surface area contributed by atoms with Gasteiger partial charge in [0.2, 0.25) is 0 Å². The first-order valence-corrected chi connectivity index (χ1v) is 5.56. The Balaban J connectivity index is 2.17.